The van der Waals surface area contributed by atoms with Gasteiger partial charge in [-0.2, -0.15) is 0 Å². The minimum absolute atomic E-state index is 0.00245. The lowest BCUT2D eigenvalue weighted by atomic mass is 9.82. The molecular formula is C38H62N6O6S3. The van der Waals surface area contributed by atoms with Crippen molar-refractivity contribution in [1.82, 2.24) is 30.6 Å². The summed E-state index contributed by atoms with van der Waals surface area (Å²) in [6.45, 7) is 22.9. The molecule has 0 aromatic carbocycles. The molecule has 15 heteroatoms. The molecule has 5 unspecified atom stereocenters. The minimum atomic E-state index is -0.907. The number of aromatic nitrogens is 1. The van der Waals surface area contributed by atoms with Crippen LogP contribution in [0.15, 0.2) is 24.7 Å². The van der Waals surface area contributed by atoms with Crippen LogP contribution in [0.3, 0.4) is 0 Å². The number of likely N-dealkylation sites (tertiary alicyclic amines) is 1. The van der Waals surface area contributed by atoms with E-state index in [-0.39, 0.29) is 41.9 Å². The molecule has 5 atom stereocenters. The second-order valence-corrected chi connectivity index (χ2v) is 17.4. The molecule has 3 rings (SSSR count). The van der Waals surface area contributed by atoms with E-state index in [1.165, 1.54) is 11.3 Å². The number of hydrogen-bond donors (Lipinski definition) is 4. The minimum Gasteiger partial charge on any atom is -0.350 e. The van der Waals surface area contributed by atoms with Gasteiger partial charge in [0, 0.05) is 24.7 Å². The third-order valence-electron chi connectivity index (χ3n) is 8.24. The van der Waals surface area contributed by atoms with Crippen LogP contribution in [0, 0.1) is 35.5 Å². The number of urea groups is 1. The Bertz CT molecular complexity index is 1320. The molecule has 12 nitrogen and oxygen atoms in total. The summed E-state index contributed by atoms with van der Waals surface area (Å²) in [5.74, 6) is 1.89. The Morgan fingerprint density at radius 1 is 1.11 bits per heavy atom. The summed E-state index contributed by atoms with van der Waals surface area (Å²) in [7, 11) is 0. The fourth-order valence-corrected chi connectivity index (χ4v) is 7.92. The van der Waals surface area contributed by atoms with Gasteiger partial charge in [-0.25, -0.2) is 14.5 Å². The molecule has 1 aromatic rings. The van der Waals surface area contributed by atoms with Gasteiger partial charge in [0.15, 0.2) is 5.01 Å². The van der Waals surface area contributed by atoms with Gasteiger partial charge < -0.3 is 20.9 Å². The maximum Gasteiger partial charge on any atom is 0.316 e. The first-order valence-corrected chi connectivity index (χ1v) is 21.0. The lowest BCUT2D eigenvalue weighted by Crippen LogP contribution is -2.60. The molecule has 1 saturated heterocycles. The maximum absolute atomic E-state index is 14.1. The average molecular weight is 795 g/mol. The smallest absolute Gasteiger partial charge is 0.316 e. The molecule has 298 valence electrons. The quantitative estimate of drug-likeness (QED) is 0.0220. The van der Waals surface area contributed by atoms with Gasteiger partial charge in [0.25, 0.3) is 5.91 Å². The number of terminal acetylenes is 1. The van der Waals surface area contributed by atoms with E-state index in [0.29, 0.717) is 24.5 Å². The summed E-state index contributed by atoms with van der Waals surface area (Å²) >= 11 is 3.19. The monoisotopic (exact) mass is 794 g/mol. The fourth-order valence-electron chi connectivity index (χ4n) is 5.90. The van der Waals surface area contributed by atoms with Crippen molar-refractivity contribution in [2.75, 3.05) is 25.4 Å². The number of thioether (sulfide) groups is 1. The summed E-state index contributed by atoms with van der Waals surface area (Å²) in [5.41, 5.74) is -0.636. The average Bonchev–Trinajstić information content (AvgIpc) is 3.79. The normalized spacial score (nSPS) is 18.9. The van der Waals surface area contributed by atoms with E-state index in [4.69, 9.17) is 10.6 Å². The molecule has 2 fully saturated rings. The number of likely N-dealkylation sites (N-methyl/N-ethyl adjacent to an activating group) is 1. The third-order valence-corrected chi connectivity index (χ3v) is 10.8. The van der Waals surface area contributed by atoms with Gasteiger partial charge in [-0.15, -0.1) is 42.7 Å². The molecule has 4 N–H and O–H groups in total. The molecular weight excluding hydrogens is 733 g/mol. The standard InChI is InChI=1S/C32H48N6O6S3.C4H10.C2H4/c1-7-15-45-29(25(40)27(41)33-8-2)37-47-44-19-22-17-20(3)18-38(22)30(42)26(32(4,5)6)36-31(43)35-23(21-12-10-9-11-13-21)24(39)28-34-14-16-46-28;1-4(2)3;1-2/h1,14,16,20-23,26,29,37H,8-13,15,17-19H2,2-6H3,(H,33,41)(H2,35,36,43);4H,1-3H3;1-2H2. The summed E-state index contributed by atoms with van der Waals surface area (Å²) in [6, 6.07) is -2.44. The van der Waals surface area contributed by atoms with Crippen molar-refractivity contribution in [3.8, 4) is 12.3 Å². The van der Waals surface area contributed by atoms with Gasteiger partial charge in [-0.3, -0.25) is 23.4 Å². The molecule has 4 amide bonds. The fraction of sp³-hybridized carbons (Fsp3) is 0.684. The molecule has 2 heterocycles. The highest BCUT2D eigenvalue weighted by Gasteiger charge is 2.42. The van der Waals surface area contributed by atoms with E-state index in [9.17, 15) is 24.0 Å². The summed E-state index contributed by atoms with van der Waals surface area (Å²) < 4.78 is 8.66. The molecule has 1 aliphatic carbocycles. The number of ketones is 2. The van der Waals surface area contributed by atoms with Crippen LogP contribution in [0.5, 0.6) is 0 Å². The Kier molecular flexibility index (Phi) is 22.9. The molecule has 0 bridgehead atoms. The number of nitrogens with one attached hydrogen (secondary N) is 4. The van der Waals surface area contributed by atoms with Crippen LogP contribution in [-0.4, -0.2) is 88.2 Å². The Labute approximate surface area is 330 Å². The SMILES string of the molecule is C#CCSC(NSOCC1CC(C)CN1C(=O)C(NC(=O)NC(C(=O)c1nccs1)C1CCCCC1)C(C)(C)C)C(=O)C(=O)NCC.C=C.CC(C)C. The molecule has 1 saturated carbocycles. The summed E-state index contributed by atoms with van der Waals surface area (Å²) in [6.07, 6.45) is 12.4. The topological polar surface area (TPSA) is 159 Å². The number of carbonyl (C=O) groups excluding carboxylic acids is 5. The first-order chi connectivity index (χ1) is 25.1. The van der Waals surface area contributed by atoms with E-state index in [2.05, 4.69) is 65.5 Å². The first kappa shape index (κ1) is 48.1. The molecule has 1 aromatic heterocycles. The van der Waals surface area contributed by atoms with Gasteiger partial charge in [0.2, 0.25) is 17.5 Å². The van der Waals surface area contributed by atoms with Crippen LogP contribution in [0.1, 0.15) is 104 Å². The Hall–Kier alpha value is -2.90. The zero-order valence-electron chi connectivity index (χ0n) is 32.8. The third kappa shape index (κ3) is 17.0. The summed E-state index contributed by atoms with van der Waals surface area (Å²) in [5, 5.41) is 9.53. The van der Waals surface area contributed by atoms with Crippen LogP contribution in [-0.2, 0) is 18.6 Å². The van der Waals surface area contributed by atoms with Crippen molar-refractivity contribution in [2.24, 2.45) is 23.2 Å². The zero-order chi connectivity index (χ0) is 40.1. The second kappa shape index (κ2) is 25.2. The number of carbonyl (C=O) groups is 5. The lowest BCUT2D eigenvalue weighted by Gasteiger charge is -2.36. The van der Waals surface area contributed by atoms with Gasteiger partial charge in [-0.05, 0) is 49.4 Å². The van der Waals surface area contributed by atoms with Crippen LogP contribution < -0.4 is 20.7 Å². The molecule has 1 aliphatic heterocycles. The predicted molar refractivity (Wildman–Crippen MR) is 218 cm³/mol. The molecule has 53 heavy (non-hydrogen) atoms. The van der Waals surface area contributed by atoms with Crippen LogP contribution in [0.4, 0.5) is 4.79 Å². The molecule has 0 radical (unpaired) electrons. The van der Waals surface area contributed by atoms with Crippen molar-refractivity contribution in [1.29, 1.82) is 0 Å². The highest BCUT2D eigenvalue weighted by Crippen LogP contribution is 2.31. The van der Waals surface area contributed by atoms with E-state index in [0.717, 1.165) is 62.0 Å². The zero-order valence-corrected chi connectivity index (χ0v) is 35.3. The van der Waals surface area contributed by atoms with Crippen molar-refractivity contribution in [2.45, 2.75) is 117 Å². The van der Waals surface area contributed by atoms with Crippen molar-refractivity contribution in [3.63, 3.8) is 0 Å². The van der Waals surface area contributed by atoms with Gasteiger partial charge in [-0.1, -0.05) is 73.6 Å². The van der Waals surface area contributed by atoms with Crippen LogP contribution in [0.25, 0.3) is 0 Å². The Morgan fingerprint density at radius 3 is 2.30 bits per heavy atom. The predicted octanol–water partition coefficient (Wildman–Crippen LogP) is 6.26. The van der Waals surface area contributed by atoms with Gasteiger partial charge in [0.05, 0.1) is 36.7 Å². The molecule has 0 spiro atoms. The van der Waals surface area contributed by atoms with E-state index >= 15 is 0 Å². The van der Waals surface area contributed by atoms with Crippen molar-refractivity contribution in [3.05, 3.63) is 29.7 Å². The number of hydrogen-bond acceptors (Lipinski definition) is 11. The molecule has 2 aliphatic rings. The number of amides is 4. The summed E-state index contributed by atoms with van der Waals surface area (Å²) in [4.78, 5) is 71.6. The van der Waals surface area contributed by atoms with E-state index in [1.807, 2.05) is 27.7 Å². The van der Waals surface area contributed by atoms with Crippen LogP contribution >= 0.6 is 35.3 Å². The highest BCUT2D eigenvalue weighted by atomic mass is 32.2. The van der Waals surface area contributed by atoms with Gasteiger partial charge >= 0.3 is 6.03 Å². The lowest BCUT2D eigenvalue weighted by molar-refractivity contribution is -0.137. The van der Waals surface area contributed by atoms with Gasteiger partial charge in [0.1, 0.15) is 11.4 Å². The van der Waals surface area contributed by atoms with Crippen LogP contribution in [0.2, 0.25) is 0 Å². The van der Waals surface area contributed by atoms with E-state index in [1.54, 1.807) is 23.4 Å². The number of rotatable bonds is 16. The largest absolute Gasteiger partial charge is 0.350 e. The van der Waals surface area contributed by atoms with E-state index < -0.39 is 40.6 Å². The highest BCUT2D eigenvalue weighted by molar-refractivity contribution is 8.02. The first-order valence-electron chi connectivity index (χ1n) is 18.3. The van der Waals surface area contributed by atoms with Crippen molar-refractivity contribution >= 4 is 64.7 Å². The second-order valence-electron chi connectivity index (χ2n) is 14.8. The Balaban J connectivity index is 0.00000219. The number of thiazole rings is 1. The van der Waals surface area contributed by atoms with Crippen molar-refractivity contribution < 1.29 is 28.2 Å². The number of nitrogens with zero attached hydrogens (tertiary/aromatic N) is 2. The number of Topliss-reactive ketones (excluding diaryl/α,β-unsaturated/α-hetero) is 2. The maximum atomic E-state index is 14.1. The Morgan fingerprint density at radius 2 is 1.75 bits per heavy atom.